The summed E-state index contributed by atoms with van der Waals surface area (Å²) < 4.78 is 37.8. The molecule has 6 heteroatoms. The van der Waals surface area contributed by atoms with E-state index in [1.165, 1.54) is 6.07 Å². The predicted octanol–water partition coefficient (Wildman–Crippen LogP) is 2.92. The van der Waals surface area contributed by atoms with Gasteiger partial charge in [0, 0.05) is 25.7 Å². The van der Waals surface area contributed by atoms with Gasteiger partial charge in [0.1, 0.15) is 11.5 Å². The zero-order chi connectivity index (χ0) is 14.5. The summed E-state index contributed by atoms with van der Waals surface area (Å²) in [7, 11) is 0. The van der Waals surface area contributed by atoms with Gasteiger partial charge < -0.3 is 10.2 Å². The number of pyridine rings is 1. The molecule has 19 heavy (non-hydrogen) atoms. The maximum atomic E-state index is 12.6. The Hall–Kier alpha value is -1.30. The van der Waals surface area contributed by atoms with Crippen molar-refractivity contribution >= 4 is 5.82 Å². The molecule has 1 aromatic heterocycles. The number of halogens is 3. The summed E-state index contributed by atoms with van der Waals surface area (Å²) in [5.41, 5.74) is -0.847. The summed E-state index contributed by atoms with van der Waals surface area (Å²) in [5, 5.41) is 3.23. The van der Waals surface area contributed by atoms with Crippen molar-refractivity contribution in [3.63, 3.8) is 0 Å². The summed E-state index contributed by atoms with van der Waals surface area (Å²) in [6.07, 6.45) is -4.40. The van der Waals surface area contributed by atoms with Crippen molar-refractivity contribution in [1.82, 2.24) is 10.3 Å². The molecule has 1 aromatic rings. The summed E-state index contributed by atoms with van der Waals surface area (Å²) >= 11 is 0. The highest BCUT2D eigenvalue weighted by molar-refractivity contribution is 5.39. The van der Waals surface area contributed by atoms with Gasteiger partial charge in [-0.1, -0.05) is 19.9 Å². The minimum absolute atomic E-state index is 0.355. The number of rotatable bonds is 6. The predicted molar refractivity (Wildman–Crippen MR) is 70.3 cm³/mol. The van der Waals surface area contributed by atoms with Crippen LogP contribution in [0.15, 0.2) is 18.2 Å². The van der Waals surface area contributed by atoms with Crippen LogP contribution in [0.5, 0.6) is 0 Å². The number of hydrogen-bond acceptors (Lipinski definition) is 3. The van der Waals surface area contributed by atoms with Crippen LogP contribution in [0.1, 0.15) is 26.5 Å². The first kappa shape index (κ1) is 15.8. The number of anilines is 1. The SMILES string of the molecule is CCN(CCNC(C)C)c1cccc(C(F)(F)F)n1. The quantitative estimate of drug-likeness (QED) is 0.865. The van der Waals surface area contributed by atoms with Gasteiger partial charge in [0.2, 0.25) is 0 Å². The van der Waals surface area contributed by atoms with Crippen molar-refractivity contribution in [3.8, 4) is 0 Å². The van der Waals surface area contributed by atoms with E-state index in [0.29, 0.717) is 31.5 Å². The van der Waals surface area contributed by atoms with Gasteiger partial charge in [-0.15, -0.1) is 0 Å². The van der Waals surface area contributed by atoms with Gasteiger partial charge in [-0.05, 0) is 19.1 Å². The molecule has 0 aliphatic rings. The second kappa shape index (κ2) is 6.75. The van der Waals surface area contributed by atoms with Gasteiger partial charge in [-0.3, -0.25) is 0 Å². The zero-order valence-corrected chi connectivity index (χ0v) is 11.5. The van der Waals surface area contributed by atoms with Crippen LogP contribution in [-0.2, 0) is 6.18 Å². The van der Waals surface area contributed by atoms with Crippen LogP contribution < -0.4 is 10.2 Å². The molecular formula is C13H20F3N3. The fraction of sp³-hybridized carbons (Fsp3) is 0.615. The van der Waals surface area contributed by atoms with Gasteiger partial charge in [-0.2, -0.15) is 13.2 Å². The molecule has 0 aliphatic carbocycles. The Bertz CT molecular complexity index is 391. The molecule has 108 valence electrons. The summed E-state index contributed by atoms with van der Waals surface area (Å²) in [6, 6.07) is 4.34. The lowest BCUT2D eigenvalue weighted by Gasteiger charge is -2.23. The molecule has 0 saturated heterocycles. The number of alkyl halides is 3. The molecule has 0 aromatic carbocycles. The average Bonchev–Trinajstić information content (AvgIpc) is 2.33. The lowest BCUT2D eigenvalue weighted by atomic mass is 10.3. The molecule has 0 bridgehead atoms. The number of likely N-dealkylation sites (N-methyl/N-ethyl adjacent to an activating group) is 1. The van der Waals surface area contributed by atoms with E-state index in [1.54, 1.807) is 6.07 Å². The van der Waals surface area contributed by atoms with Crippen LogP contribution in [-0.4, -0.2) is 30.7 Å². The van der Waals surface area contributed by atoms with E-state index in [0.717, 1.165) is 6.07 Å². The summed E-state index contributed by atoms with van der Waals surface area (Å²) in [5.74, 6) is 0.364. The minimum atomic E-state index is -4.40. The van der Waals surface area contributed by atoms with Gasteiger partial charge in [0.25, 0.3) is 0 Å². The molecule has 1 heterocycles. The first-order chi connectivity index (χ1) is 8.84. The number of aromatic nitrogens is 1. The lowest BCUT2D eigenvalue weighted by molar-refractivity contribution is -0.141. The Labute approximate surface area is 111 Å². The first-order valence-electron chi connectivity index (χ1n) is 6.37. The number of nitrogens with zero attached hydrogens (tertiary/aromatic N) is 2. The third-order valence-corrected chi connectivity index (χ3v) is 2.66. The van der Waals surface area contributed by atoms with Gasteiger partial charge in [0.15, 0.2) is 0 Å². The second-order valence-corrected chi connectivity index (χ2v) is 4.57. The van der Waals surface area contributed by atoms with Crippen molar-refractivity contribution in [2.75, 3.05) is 24.5 Å². The molecule has 0 aliphatic heterocycles. The highest BCUT2D eigenvalue weighted by Crippen LogP contribution is 2.28. The van der Waals surface area contributed by atoms with Crippen molar-refractivity contribution in [2.24, 2.45) is 0 Å². The van der Waals surface area contributed by atoms with Gasteiger partial charge in [-0.25, -0.2) is 4.98 Å². The van der Waals surface area contributed by atoms with E-state index in [2.05, 4.69) is 10.3 Å². The molecule has 0 atom stereocenters. The molecule has 0 unspecified atom stereocenters. The molecule has 0 spiro atoms. The number of hydrogen-bond donors (Lipinski definition) is 1. The third kappa shape index (κ3) is 5.06. The van der Waals surface area contributed by atoms with Crippen LogP contribution in [0, 0.1) is 0 Å². The van der Waals surface area contributed by atoms with E-state index in [-0.39, 0.29) is 0 Å². The summed E-state index contributed by atoms with van der Waals surface area (Å²) in [4.78, 5) is 5.51. The summed E-state index contributed by atoms with van der Waals surface area (Å²) in [6.45, 7) is 7.91. The van der Waals surface area contributed by atoms with Crippen molar-refractivity contribution in [3.05, 3.63) is 23.9 Å². The zero-order valence-electron chi connectivity index (χ0n) is 11.5. The highest BCUT2D eigenvalue weighted by Gasteiger charge is 2.32. The van der Waals surface area contributed by atoms with Crippen molar-refractivity contribution < 1.29 is 13.2 Å². The highest BCUT2D eigenvalue weighted by atomic mass is 19.4. The van der Waals surface area contributed by atoms with E-state index in [9.17, 15) is 13.2 Å². The van der Waals surface area contributed by atoms with E-state index in [4.69, 9.17) is 0 Å². The fourth-order valence-corrected chi connectivity index (χ4v) is 1.68. The fourth-order valence-electron chi connectivity index (χ4n) is 1.68. The topological polar surface area (TPSA) is 28.2 Å². The molecule has 1 N–H and O–H groups in total. The smallest absolute Gasteiger partial charge is 0.356 e. The number of nitrogens with one attached hydrogen (secondary N) is 1. The van der Waals surface area contributed by atoms with Crippen LogP contribution >= 0.6 is 0 Å². The molecule has 3 nitrogen and oxygen atoms in total. The van der Waals surface area contributed by atoms with E-state index in [1.807, 2.05) is 25.7 Å². The molecular weight excluding hydrogens is 255 g/mol. The molecule has 0 radical (unpaired) electrons. The van der Waals surface area contributed by atoms with Gasteiger partial charge in [0.05, 0.1) is 0 Å². The Balaban J connectivity index is 2.75. The Morgan fingerprint density at radius 2 is 2.00 bits per heavy atom. The second-order valence-electron chi connectivity index (χ2n) is 4.57. The Morgan fingerprint density at radius 3 is 2.53 bits per heavy atom. The molecule has 0 amide bonds. The monoisotopic (exact) mass is 275 g/mol. The Morgan fingerprint density at radius 1 is 1.32 bits per heavy atom. The average molecular weight is 275 g/mol. The van der Waals surface area contributed by atoms with E-state index < -0.39 is 11.9 Å². The standard InChI is InChI=1S/C13H20F3N3/c1-4-19(9-8-17-10(2)3)12-7-5-6-11(18-12)13(14,15)16/h5-7,10,17H,4,8-9H2,1-3H3. The lowest BCUT2D eigenvalue weighted by Crippen LogP contribution is -2.35. The Kier molecular flexibility index (Phi) is 5.60. The largest absolute Gasteiger partial charge is 0.433 e. The maximum Gasteiger partial charge on any atom is 0.433 e. The third-order valence-electron chi connectivity index (χ3n) is 2.66. The van der Waals surface area contributed by atoms with Gasteiger partial charge >= 0.3 is 6.18 Å². The molecule has 1 rings (SSSR count). The van der Waals surface area contributed by atoms with Crippen molar-refractivity contribution in [2.45, 2.75) is 33.0 Å². The first-order valence-corrected chi connectivity index (χ1v) is 6.37. The van der Waals surface area contributed by atoms with Crippen LogP contribution in [0.4, 0.5) is 19.0 Å². The van der Waals surface area contributed by atoms with Crippen LogP contribution in [0.25, 0.3) is 0 Å². The van der Waals surface area contributed by atoms with E-state index >= 15 is 0 Å². The maximum absolute atomic E-state index is 12.6. The van der Waals surface area contributed by atoms with Crippen LogP contribution in [0.3, 0.4) is 0 Å². The minimum Gasteiger partial charge on any atom is -0.356 e. The van der Waals surface area contributed by atoms with Crippen molar-refractivity contribution in [1.29, 1.82) is 0 Å². The normalized spacial score (nSPS) is 11.9. The molecule has 0 saturated carbocycles. The van der Waals surface area contributed by atoms with Crippen LogP contribution in [0.2, 0.25) is 0 Å². The molecule has 0 fully saturated rings.